The number of para-hydroxylation sites is 1. The minimum atomic E-state index is -0.187. The van der Waals surface area contributed by atoms with Gasteiger partial charge in [-0.1, -0.05) is 18.2 Å². The molecule has 0 saturated heterocycles. The molecule has 124 valence electrons. The van der Waals surface area contributed by atoms with Gasteiger partial charge in [-0.2, -0.15) is 0 Å². The second-order valence-electron chi connectivity index (χ2n) is 5.07. The number of alkyl halides is 1. The predicted molar refractivity (Wildman–Crippen MR) is 95.3 cm³/mol. The molecule has 1 aromatic heterocycles. The van der Waals surface area contributed by atoms with Crippen LogP contribution in [0.1, 0.15) is 19.8 Å². The van der Waals surface area contributed by atoms with E-state index in [1.807, 2.05) is 31.2 Å². The molecule has 23 heavy (non-hydrogen) atoms. The molecule has 0 bridgehead atoms. The summed E-state index contributed by atoms with van der Waals surface area (Å²) >= 11 is 5.72. The van der Waals surface area contributed by atoms with Gasteiger partial charge in [0.15, 0.2) is 0 Å². The van der Waals surface area contributed by atoms with Crippen molar-refractivity contribution in [2.45, 2.75) is 19.8 Å². The van der Waals surface area contributed by atoms with Crippen LogP contribution in [-0.2, 0) is 9.53 Å². The summed E-state index contributed by atoms with van der Waals surface area (Å²) in [5, 5.41) is 7.24. The molecule has 0 aliphatic heterocycles. The number of carbonyl (C=O) groups is 1. The number of carbonyl (C=O) groups excluding carboxylic acids is 1. The number of fused-ring (bicyclic) bond motifs is 1. The van der Waals surface area contributed by atoms with Gasteiger partial charge in [0.05, 0.1) is 23.1 Å². The molecule has 0 radical (unpaired) electrons. The average molecular weight is 336 g/mol. The largest absolute Gasteiger partial charge is 0.383 e. The number of amides is 1. The van der Waals surface area contributed by atoms with E-state index < -0.39 is 0 Å². The summed E-state index contributed by atoms with van der Waals surface area (Å²) in [6, 6.07) is 7.84. The molecule has 2 rings (SSSR count). The lowest BCUT2D eigenvalue weighted by Crippen LogP contribution is -2.19. The van der Waals surface area contributed by atoms with Crippen LogP contribution in [0, 0.1) is 0 Å². The van der Waals surface area contributed by atoms with Crippen LogP contribution in [0.5, 0.6) is 0 Å². The van der Waals surface area contributed by atoms with Crippen LogP contribution < -0.4 is 10.6 Å². The average Bonchev–Trinajstić information content (AvgIpc) is 2.58. The Labute approximate surface area is 141 Å². The summed E-state index contributed by atoms with van der Waals surface area (Å²) < 4.78 is 5.14. The molecule has 6 heteroatoms. The highest BCUT2D eigenvalue weighted by molar-refractivity contribution is 6.17. The van der Waals surface area contributed by atoms with E-state index in [0.717, 1.165) is 36.0 Å². The molecule has 1 aromatic carbocycles. The number of pyridine rings is 1. The van der Waals surface area contributed by atoms with Crippen molar-refractivity contribution in [3.05, 3.63) is 30.5 Å². The normalized spacial score (nSPS) is 10.7. The fraction of sp³-hybridized carbons (Fsp3) is 0.412. The first kappa shape index (κ1) is 17.5. The Morgan fingerprint density at radius 3 is 2.91 bits per heavy atom. The topological polar surface area (TPSA) is 63.2 Å². The Kier molecular flexibility index (Phi) is 7.10. The van der Waals surface area contributed by atoms with Crippen LogP contribution in [0.3, 0.4) is 0 Å². The SMILES string of the molecule is CCOCC(=O)Nc1cnc2ccccc2c1NCCCCCl. The Morgan fingerprint density at radius 1 is 1.30 bits per heavy atom. The summed E-state index contributed by atoms with van der Waals surface area (Å²) in [7, 11) is 0. The van der Waals surface area contributed by atoms with Gasteiger partial charge in [-0.3, -0.25) is 9.78 Å². The predicted octanol–water partition coefficient (Wildman–Crippen LogP) is 3.64. The monoisotopic (exact) mass is 335 g/mol. The molecule has 0 spiro atoms. The van der Waals surface area contributed by atoms with Gasteiger partial charge in [-0.05, 0) is 25.8 Å². The summed E-state index contributed by atoms with van der Waals surface area (Å²) in [6.07, 6.45) is 3.59. The van der Waals surface area contributed by atoms with Crippen molar-refractivity contribution in [2.75, 3.05) is 36.3 Å². The smallest absolute Gasteiger partial charge is 0.250 e. The van der Waals surface area contributed by atoms with Crippen LogP contribution in [0.4, 0.5) is 11.4 Å². The van der Waals surface area contributed by atoms with E-state index in [4.69, 9.17) is 16.3 Å². The number of benzene rings is 1. The minimum Gasteiger partial charge on any atom is -0.383 e. The van der Waals surface area contributed by atoms with Crippen LogP contribution in [0.15, 0.2) is 30.5 Å². The number of hydrogen-bond donors (Lipinski definition) is 2. The van der Waals surface area contributed by atoms with Gasteiger partial charge in [0.1, 0.15) is 6.61 Å². The first-order chi connectivity index (χ1) is 11.3. The number of rotatable bonds is 9. The number of ether oxygens (including phenoxy) is 1. The summed E-state index contributed by atoms with van der Waals surface area (Å²) in [5.41, 5.74) is 2.43. The highest BCUT2D eigenvalue weighted by Crippen LogP contribution is 2.29. The fourth-order valence-corrected chi connectivity index (χ4v) is 2.43. The highest BCUT2D eigenvalue weighted by Gasteiger charge is 2.11. The molecule has 0 aliphatic carbocycles. The number of unbranched alkanes of at least 4 members (excludes halogenated alkanes) is 1. The lowest BCUT2D eigenvalue weighted by atomic mass is 10.1. The van der Waals surface area contributed by atoms with E-state index in [2.05, 4.69) is 15.6 Å². The van der Waals surface area contributed by atoms with Crippen LogP contribution in [0.2, 0.25) is 0 Å². The molecular weight excluding hydrogens is 314 g/mol. The lowest BCUT2D eigenvalue weighted by Gasteiger charge is -2.15. The maximum atomic E-state index is 11.9. The van der Waals surface area contributed by atoms with Gasteiger partial charge in [-0.15, -0.1) is 11.6 Å². The minimum absolute atomic E-state index is 0.0367. The molecular formula is C17H22ClN3O2. The van der Waals surface area contributed by atoms with E-state index in [1.54, 1.807) is 6.20 Å². The van der Waals surface area contributed by atoms with Crippen LogP contribution in [0.25, 0.3) is 10.9 Å². The molecule has 5 nitrogen and oxygen atoms in total. The van der Waals surface area contributed by atoms with E-state index in [-0.39, 0.29) is 12.5 Å². The number of halogens is 1. The molecule has 0 unspecified atom stereocenters. The maximum Gasteiger partial charge on any atom is 0.250 e. The second kappa shape index (κ2) is 9.33. The zero-order chi connectivity index (χ0) is 16.5. The third kappa shape index (κ3) is 5.08. The van der Waals surface area contributed by atoms with Crippen molar-refractivity contribution < 1.29 is 9.53 Å². The van der Waals surface area contributed by atoms with E-state index in [1.165, 1.54) is 0 Å². The van der Waals surface area contributed by atoms with Gasteiger partial charge >= 0.3 is 0 Å². The van der Waals surface area contributed by atoms with Crippen molar-refractivity contribution in [2.24, 2.45) is 0 Å². The van der Waals surface area contributed by atoms with Crippen molar-refractivity contribution in [1.82, 2.24) is 4.98 Å². The van der Waals surface area contributed by atoms with E-state index in [9.17, 15) is 4.79 Å². The number of hydrogen-bond acceptors (Lipinski definition) is 4. The van der Waals surface area contributed by atoms with Crippen molar-refractivity contribution in [1.29, 1.82) is 0 Å². The fourth-order valence-electron chi connectivity index (χ4n) is 2.24. The first-order valence-corrected chi connectivity index (χ1v) is 8.35. The van der Waals surface area contributed by atoms with Gasteiger partial charge in [-0.25, -0.2) is 0 Å². The summed E-state index contributed by atoms with van der Waals surface area (Å²) in [4.78, 5) is 16.3. The summed E-state index contributed by atoms with van der Waals surface area (Å²) in [6.45, 7) is 3.19. The molecule has 2 N–H and O–H groups in total. The molecule has 1 amide bonds. The number of nitrogens with zero attached hydrogens (tertiary/aromatic N) is 1. The van der Waals surface area contributed by atoms with Crippen molar-refractivity contribution in [3.8, 4) is 0 Å². The highest BCUT2D eigenvalue weighted by atomic mass is 35.5. The summed E-state index contributed by atoms with van der Waals surface area (Å²) in [5.74, 6) is 0.462. The molecule has 0 atom stereocenters. The molecule has 0 aliphatic rings. The zero-order valence-electron chi connectivity index (χ0n) is 13.3. The number of anilines is 2. The van der Waals surface area contributed by atoms with Gasteiger partial charge in [0.2, 0.25) is 5.91 Å². The standard InChI is InChI=1S/C17H22ClN3O2/c1-2-23-12-16(22)21-15-11-20-14-8-4-3-7-13(14)17(15)19-10-6-5-9-18/h3-4,7-8,11H,2,5-6,9-10,12H2,1H3,(H,19,20)(H,21,22). The Bertz CT molecular complexity index is 649. The van der Waals surface area contributed by atoms with Crippen molar-refractivity contribution in [3.63, 3.8) is 0 Å². The third-order valence-electron chi connectivity index (χ3n) is 3.35. The van der Waals surface area contributed by atoms with E-state index in [0.29, 0.717) is 18.2 Å². The second-order valence-corrected chi connectivity index (χ2v) is 5.45. The Morgan fingerprint density at radius 2 is 2.13 bits per heavy atom. The van der Waals surface area contributed by atoms with Crippen LogP contribution in [-0.4, -0.2) is 36.5 Å². The van der Waals surface area contributed by atoms with Crippen molar-refractivity contribution >= 4 is 39.8 Å². The Hall–Kier alpha value is -1.85. The zero-order valence-corrected chi connectivity index (χ0v) is 14.0. The van der Waals surface area contributed by atoms with E-state index >= 15 is 0 Å². The van der Waals surface area contributed by atoms with Gasteiger partial charge < -0.3 is 15.4 Å². The first-order valence-electron chi connectivity index (χ1n) is 7.81. The molecule has 2 aromatic rings. The molecule has 0 fully saturated rings. The maximum absolute atomic E-state index is 11.9. The lowest BCUT2D eigenvalue weighted by molar-refractivity contribution is -0.120. The Balaban J connectivity index is 2.21. The quantitative estimate of drug-likeness (QED) is 0.542. The third-order valence-corrected chi connectivity index (χ3v) is 3.62. The van der Waals surface area contributed by atoms with Gasteiger partial charge in [0, 0.05) is 24.4 Å². The van der Waals surface area contributed by atoms with Crippen LogP contribution >= 0.6 is 11.6 Å². The molecule has 0 saturated carbocycles. The number of aromatic nitrogens is 1. The number of nitrogens with one attached hydrogen (secondary N) is 2. The van der Waals surface area contributed by atoms with Gasteiger partial charge in [0.25, 0.3) is 0 Å². The molecule has 1 heterocycles.